The van der Waals surface area contributed by atoms with Crippen molar-refractivity contribution in [2.24, 2.45) is 0 Å². The predicted octanol–water partition coefficient (Wildman–Crippen LogP) is 1.54. The van der Waals surface area contributed by atoms with Crippen LogP contribution in [-0.4, -0.2) is 30.7 Å². The van der Waals surface area contributed by atoms with Gasteiger partial charge in [0.05, 0.1) is 10.9 Å². The fourth-order valence-electron chi connectivity index (χ4n) is 2.45. The minimum absolute atomic E-state index is 0.0784. The Morgan fingerprint density at radius 2 is 2.26 bits per heavy atom. The molecule has 0 aliphatic carbocycles. The van der Waals surface area contributed by atoms with Gasteiger partial charge in [0, 0.05) is 38.7 Å². The van der Waals surface area contributed by atoms with Gasteiger partial charge >= 0.3 is 0 Å². The van der Waals surface area contributed by atoms with Gasteiger partial charge in [0.25, 0.3) is 5.91 Å². The summed E-state index contributed by atoms with van der Waals surface area (Å²) in [7, 11) is 1.63. The number of carbonyl (C=O) groups excluding carboxylic acids is 1. The first-order valence-electron chi connectivity index (χ1n) is 7.39. The van der Waals surface area contributed by atoms with Gasteiger partial charge in [-0.15, -0.1) is 6.58 Å². The van der Waals surface area contributed by atoms with E-state index < -0.39 is 5.91 Å². The molecule has 1 heterocycles. The van der Waals surface area contributed by atoms with Crippen LogP contribution >= 0.6 is 0 Å². The average molecular weight is 315 g/mol. The Labute approximate surface area is 134 Å². The monoisotopic (exact) mass is 315 g/mol. The fourth-order valence-corrected chi connectivity index (χ4v) is 2.45. The number of aryl methyl sites for hydroxylation is 1. The number of nitrogen functional groups attached to an aromatic ring is 1. The standard InChI is InChI=1S/C17H21N3O3/c1-3-8-19-17(22)12-11-20(9-5-10-23-2)14-7-4-6-13(18)15(14)16(12)21/h3-4,6-7,11H,1,5,8-10,18H2,2H3,(H,19,22). The summed E-state index contributed by atoms with van der Waals surface area (Å²) in [6.07, 6.45) is 3.90. The van der Waals surface area contributed by atoms with Gasteiger partial charge in [0.2, 0.25) is 5.43 Å². The first kappa shape index (κ1) is 16.8. The lowest BCUT2D eigenvalue weighted by atomic mass is 10.1. The molecule has 2 aromatic rings. The topological polar surface area (TPSA) is 86.3 Å². The molecular formula is C17H21N3O3. The smallest absolute Gasteiger partial charge is 0.257 e. The van der Waals surface area contributed by atoms with Gasteiger partial charge in [-0.25, -0.2) is 0 Å². The van der Waals surface area contributed by atoms with Gasteiger partial charge < -0.3 is 20.4 Å². The Morgan fingerprint density at radius 3 is 2.96 bits per heavy atom. The number of fused-ring (bicyclic) bond motifs is 1. The summed E-state index contributed by atoms with van der Waals surface area (Å²) in [5.41, 5.74) is 6.77. The largest absolute Gasteiger partial charge is 0.398 e. The third kappa shape index (κ3) is 3.60. The Hall–Kier alpha value is -2.60. The van der Waals surface area contributed by atoms with Crippen LogP contribution in [0.1, 0.15) is 16.8 Å². The number of rotatable bonds is 7. The molecule has 0 saturated heterocycles. The summed E-state index contributed by atoms with van der Waals surface area (Å²) < 4.78 is 6.93. The maximum Gasteiger partial charge on any atom is 0.257 e. The number of aromatic nitrogens is 1. The molecule has 0 radical (unpaired) electrons. The number of pyridine rings is 1. The predicted molar refractivity (Wildman–Crippen MR) is 91.6 cm³/mol. The van der Waals surface area contributed by atoms with E-state index >= 15 is 0 Å². The van der Waals surface area contributed by atoms with Gasteiger partial charge in [-0.2, -0.15) is 0 Å². The zero-order valence-corrected chi connectivity index (χ0v) is 13.2. The molecule has 6 heteroatoms. The number of nitrogens with two attached hydrogens (primary N) is 1. The minimum atomic E-state index is -0.430. The Bertz CT molecular complexity index is 780. The van der Waals surface area contributed by atoms with Crippen molar-refractivity contribution in [3.8, 4) is 0 Å². The molecule has 0 atom stereocenters. The van der Waals surface area contributed by atoms with Crippen molar-refractivity contribution in [2.45, 2.75) is 13.0 Å². The number of benzene rings is 1. The van der Waals surface area contributed by atoms with Crippen LogP contribution in [0.3, 0.4) is 0 Å². The third-order valence-electron chi connectivity index (χ3n) is 3.54. The van der Waals surface area contributed by atoms with E-state index in [2.05, 4.69) is 11.9 Å². The summed E-state index contributed by atoms with van der Waals surface area (Å²) in [5, 5.41) is 3.00. The minimum Gasteiger partial charge on any atom is -0.398 e. The van der Waals surface area contributed by atoms with E-state index in [-0.39, 0.29) is 11.0 Å². The van der Waals surface area contributed by atoms with Gasteiger partial charge in [0.15, 0.2) is 0 Å². The van der Waals surface area contributed by atoms with Crippen LogP contribution in [-0.2, 0) is 11.3 Å². The normalized spacial score (nSPS) is 10.7. The van der Waals surface area contributed by atoms with Crippen LogP contribution < -0.4 is 16.5 Å². The molecule has 23 heavy (non-hydrogen) atoms. The second kappa shape index (κ2) is 7.60. The molecule has 0 saturated carbocycles. The molecule has 2 rings (SSSR count). The quantitative estimate of drug-likeness (QED) is 0.461. The number of ether oxygens (including phenoxy) is 1. The molecule has 122 valence electrons. The molecule has 0 aliphatic rings. The molecule has 0 bridgehead atoms. The van der Waals surface area contributed by atoms with E-state index in [0.717, 1.165) is 6.42 Å². The van der Waals surface area contributed by atoms with Crippen molar-refractivity contribution in [3.05, 3.63) is 52.8 Å². The molecule has 0 aliphatic heterocycles. The number of carbonyl (C=O) groups is 1. The SMILES string of the molecule is C=CCNC(=O)c1cn(CCCOC)c2cccc(N)c2c1=O. The van der Waals surface area contributed by atoms with Gasteiger partial charge in [-0.1, -0.05) is 12.1 Å². The summed E-state index contributed by atoms with van der Waals surface area (Å²) >= 11 is 0. The highest BCUT2D eigenvalue weighted by atomic mass is 16.5. The first-order valence-corrected chi connectivity index (χ1v) is 7.39. The molecule has 1 aromatic carbocycles. The van der Waals surface area contributed by atoms with E-state index in [1.54, 1.807) is 31.5 Å². The molecular weight excluding hydrogens is 294 g/mol. The number of methoxy groups -OCH3 is 1. The summed E-state index contributed by atoms with van der Waals surface area (Å²) in [6, 6.07) is 5.28. The average Bonchev–Trinajstić information content (AvgIpc) is 2.54. The summed E-state index contributed by atoms with van der Waals surface area (Å²) in [6.45, 7) is 5.06. The number of hydrogen-bond acceptors (Lipinski definition) is 4. The van der Waals surface area contributed by atoms with Crippen molar-refractivity contribution in [2.75, 3.05) is 26.0 Å². The molecule has 0 fully saturated rings. The fraction of sp³-hybridized carbons (Fsp3) is 0.294. The molecule has 0 spiro atoms. The second-order valence-electron chi connectivity index (χ2n) is 5.15. The van der Waals surface area contributed by atoms with Crippen molar-refractivity contribution in [1.82, 2.24) is 9.88 Å². The first-order chi connectivity index (χ1) is 11.1. The Balaban J connectivity index is 2.57. The maximum atomic E-state index is 12.6. The van der Waals surface area contributed by atoms with E-state index in [9.17, 15) is 9.59 Å². The van der Waals surface area contributed by atoms with Crippen molar-refractivity contribution < 1.29 is 9.53 Å². The van der Waals surface area contributed by atoms with E-state index in [1.807, 2.05) is 10.6 Å². The van der Waals surface area contributed by atoms with Crippen LogP contribution in [0.5, 0.6) is 0 Å². The molecule has 3 N–H and O–H groups in total. The molecule has 6 nitrogen and oxygen atoms in total. The zero-order chi connectivity index (χ0) is 16.8. The zero-order valence-electron chi connectivity index (χ0n) is 13.2. The summed E-state index contributed by atoms with van der Waals surface area (Å²) in [4.78, 5) is 24.9. The van der Waals surface area contributed by atoms with Crippen LogP contribution in [0, 0.1) is 0 Å². The van der Waals surface area contributed by atoms with Gasteiger partial charge in [-0.3, -0.25) is 9.59 Å². The Kier molecular flexibility index (Phi) is 5.54. The number of nitrogens with one attached hydrogen (secondary N) is 1. The third-order valence-corrected chi connectivity index (χ3v) is 3.54. The highest BCUT2D eigenvalue weighted by Crippen LogP contribution is 2.18. The van der Waals surface area contributed by atoms with E-state index in [1.165, 1.54) is 0 Å². The highest BCUT2D eigenvalue weighted by Gasteiger charge is 2.16. The molecule has 1 amide bonds. The van der Waals surface area contributed by atoms with E-state index in [4.69, 9.17) is 10.5 Å². The van der Waals surface area contributed by atoms with Crippen molar-refractivity contribution in [3.63, 3.8) is 0 Å². The molecule has 1 aromatic heterocycles. The van der Waals surface area contributed by atoms with Crippen LogP contribution in [0.15, 0.2) is 41.8 Å². The lowest BCUT2D eigenvalue weighted by Crippen LogP contribution is -2.30. The number of hydrogen-bond donors (Lipinski definition) is 2. The lowest BCUT2D eigenvalue weighted by Gasteiger charge is -2.14. The van der Waals surface area contributed by atoms with Crippen LogP contribution in [0.25, 0.3) is 10.9 Å². The maximum absolute atomic E-state index is 12.6. The number of anilines is 1. The van der Waals surface area contributed by atoms with Crippen LogP contribution in [0.4, 0.5) is 5.69 Å². The van der Waals surface area contributed by atoms with E-state index in [0.29, 0.717) is 36.3 Å². The van der Waals surface area contributed by atoms with Crippen molar-refractivity contribution in [1.29, 1.82) is 0 Å². The number of amides is 1. The highest BCUT2D eigenvalue weighted by molar-refractivity contribution is 6.00. The Morgan fingerprint density at radius 1 is 1.48 bits per heavy atom. The molecule has 0 unspecified atom stereocenters. The van der Waals surface area contributed by atoms with Gasteiger partial charge in [-0.05, 0) is 18.6 Å². The number of nitrogens with zero attached hydrogens (tertiary/aromatic N) is 1. The van der Waals surface area contributed by atoms with Gasteiger partial charge in [0.1, 0.15) is 5.56 Å². The lowest BCUT2D eigenvalue weighted by molar-refractivity contribution is 0.0956. The second-order valence-corrected chi connectivity index (χ2v) is 5.15. The van der Waals surface area contributed by atoms with Crippen LogP contribution in [0.2, 0.25) is 0 Å². The summed E-state index contributed by atoms with van der Waals surface area (Å²) in [5.74, 6) is -0.430. The van der Waals surface area contributed by atoms with Crippen molar-refractivity contribution >= 4 is 22.5 Å².